The Morgan fingerprint density at radius 3 is 1.20 bits per heavy atom. The zero-order valence-corrected chi connectivity index (χ0v) is 45.4. The van der Waals surface area contributed by atoms with Gasteiger partial charge in [0.1, 0.15) is 0 Å². The van der Waals surface area contributed by atoms with E-state index in [1.165, 1.54) is 78.2 Å². The molecule has 0 aliphatic heterocycles. The third-order valence-corrected chi connectivity index (χ3v) is 32.0. The maximum atomic E-state index is 12.6. The number of hydrogen-bond acceptors (Lipinski definition) is 4. The van der Waals surface area contributed by atoms with Crippen molar-refractivity contribution in [1.82, 2.24) is 0 Å². The Morgan fingerprint density at radius 2 is 0.864 bits per heavy atom. The first-order chi connectivity index (χ1) is 28.1. The molecule has 2 N–H and O–H groups in total. The minimum Gasteiger partial charge on any atom is -0.432 e. The highest BCUT2D eigenvalue weighted by Gasteiger charge is 2.45. The average Bonchev–Trinajstić information content (AvgIpc) is 3.25. The molecule has 0 aliphatic carbocycles. The van der Waals surface area contributed by atoms with Crippen molar-refractivity contribution < 1.29 is 9.59 Å². The largest absolute Gasteiger partial charge is 0.432 e. The molecular weight excluding hydrogens is 821 g/mol. The van der Waals surface area contributed by atoms with E-state index in [9.17, 15) is 9.59 Å². The van der Waals surface area contributed by atoms with Crippen LogP contribution < -0.4 is 10.4 Å². The second-order valence-corrected chi connectivity index (χ2v) is 38.4. The minimum atomic E-state index is -2.67. The van der Waals surface area contributed by atoms with Gasteiger partial charge in [0.15, 0.2) is 16.6 Å². The van der Waals surface area contributed by atoms with Crippen molar-refractivity contribution in [1.29, 1.82) is 0 Å². The summed E-state index contributed by atoms with van der Waals surface area (Å²) in [6.07, 6.45) is 10.9. The Hall–Kier alpha value is -0.852. The van der Waals surface area contributed by atoms with E-state index in [-0.39, 0.29) is 10.8 Å². The Balaban J connectivity index is 2.48. The van der Waals surface area contributed by atoms with Gasteiger partial charge in [-0.3, -0.25) is 0 Å². The summed E-state index contributed by atoms with van der Waals surface area (Å²) in [5.74, 6) is 1.62. The van der Waals surface area contributed by atoms with Crippen molar-refractivity contribution in [3.05, 3.63) is 95.1 Å². The van der Waals surface area contributed by atoms with E-state index in [0.717, 1.165) is 74.2 Å². The van der Waals surface area contributed by atoms with E-state index in [0.29, 0.717) is 0 Å². The van der Waals surface area contributed by atoms with Crippen LogP contribution >= 0.6 is 25.3 Å². The van der Waals surface area contributed by atoms with Gasteiger partial charge in [-0.1, -0.05) is 207 Å². The van der Waals surface area contributed by atoms with Crippen LogP contribution in [0, 0.1) is 0 Å². The third-order valence-electron chi connectivity index (χ3n) is 15.3. The molecule has 332 valence electrons. The topological polar surface area (TPSA) is 40.5 Å². The molecule has 3 rings (SSSR count). The summed E-state index contributed by atoms with van der Waals surface area (Å²) in [5, 5.41) is 3.13. The lowest BCUT2D eigenvalue weighted by Crippen LogP contribution is -2.46. The van der Waals surface area contributed by atoms with Crippen molar-refractivity contribution in [3.8, 4) is 0 Å². The van der Waals surface area contributed by atoms with Gasteiger partial charge in [-0.25, -0.2) is 0 Å². The van der Waals surface area contributed by atoms with Gasteiger partial charge in [0, 0.05) is 10.8 Å². The van der Waals surface area contributed by atoms with Crippen LogP contribution in [-0.2, 0) is 10.8 Å². The fourth-order valence-electron chi connectivity index (χ4n) is 10.7. The first kappa shape index (κ1) is 52.5. The highest BCUT2D eigenvalue weighted by Crippen LogP contribution is 2.49. The molecule has 0 aromatic heterocycles. The summed E-state index contributed by atoms with van der Waals surface area (Å²) in [6, 6.07) is 39.3. The quantitative estimate of drug-likeness (QED) is 0.0318. The fourth-order valence-corrected chi connectivity index (χ4v) is 23.5. The highest BCUT2D eigenvalue weighted by atomic mass is 32.1. The van der Waals surface area contributed by atoms with Crippen LogP contribution in [0.2, 0.25) is 74.0 Å². The van der Waals surface area contributed by atoms with Gasteiger partial charge in [0.2, 0.25) is 0 Å². The van der Waals surface area contributed by atoms with E-state index < -0.39 is 32.8 Å². The van der Waals surface area contributed by atoms with Gasteiger partial charge in [0.25, 0.3) is 0 Å². The second kappa shape index (κ2) is 24.3. The monoisotopic (exact) mass is 909 g/mol. The summed E-state index contributed by atoms with van der Waals surface area (Å²) in [4.78, 5) is 25.1. The number of unbranched alkanes of at least 4 members (excludes halogenated alkanes) is 4. The van der Waals surface area contributed by atoms with Crippen LogP contribution in [0.4, 0.5) is 0 Å². The highest BCUT2D eigenvalue weighted by molar-refractivity contribution is 7.80. The number of benzene rings is 3. The van der Waals surface area contributed by atoms with Crippen LogP contribution in [0.25, 0.3) is 0 Å². The smallest absolute Gasteiger partial charge is 0.186 e. The summed E-state index contributed by atoms with van der Waals surface area (Å²) in [6.45, 7) is 23.6. The molecule has 0 spiro atoms. The first-order valence-electron chi connectivity index (χ1n) is 24.1. The zero-order chi connectivity index (χ0) is 43.8. The maximum Gasteiger partial charge on any atom is 0.186 e. The number of rotatable bonds is 29. The van der Waals surface area contributed by atoms with Crippen LogP contribution in [0.3, 0.4) is 0 Å². The fraction of sp³-hybridized carbons (Fsp3) is 0.647. The zero-order valence-electron chi connectivity index (χ0n) is 39.6. The molecule has 3 aromatic carbocycles. The van der Waals surface area contributed by atoms with Crippen LogP contribution in [0.15, 0.2) is 72.8 Å². The first-order valence-corrected chi connectivity index (χ1v) is 36.6. The molecule has 8 heteroatoms. The molecule has 0 saturated carbocycles. The molecule has 0 amide bonds. The van der Waals surface area contributed by atoms with Crippen molar-refractivity contribution in [3.63, 3.8) is 0 Å². The molecular formula is C51H88O2S2Si4. The molecule has 4 atom stereocenters. The molecule has 3 aromatic rings. The van der Waals surface area contributed by atoms with Crippen molar-refractivity contribution >= 4 is 68.4 Å². The van der Waals surface area contributed by atoms with Crippen LogP contribution in [-0.4, -0.2) is 53.9 Å². The average molecular weight is 910 g/mol. The van der Waals surface area contributed by atoms with Gasteiger partial charge in [-0.15, -0.1) is 0 Å². The van der Waals surface area contributed by atoms with E-state index >= 15 is 0 Å². The Kier molecular flexibility index (Phi) is 21.6. The summed E-state index contributed by atoms with van der Waals surface area (Å²) in [7, 11) is -8.45. The molecule has 0 heterocycles. The number of hydrogen-bond donors (Lipinski definition) is 4. The van der Waals surface area contributed by atoms with E-state index in [1.807, 2.05) is 0 Å². The Bertz CT molecular complexity index is 1630. The standard InChI is InChI=1S/C51H88O2S2Si4/c1-11-18-20-35-50(42-57(9,52)39-23-37-54,44-27-31-48(32-28-44)56(8,13-3)14-4)46-25-22-26-47(41-46)51(36-21-19-12-2,43-58(10,53)40-24-38-55)45-29-33-49(34-30-45)59(15-5,16-6)17-7/h22,25-34,41,52-55H,11-21,23-24,35-40,42-43H2,1-10H3. The van der Waals surface area contributed by atoms with Crippen molar-refractivity contribution in [2.75, 3.05) is 11.5 Å². The van der Waals surface area contributed by atoms with Crippen molar-refractivity contribution in [2.45, 2.75) is 198 Å². The van der Waals surface area contributed by atoms with Gasteiger partial charge in [-0.05, 0) is 96.7 Å². The predicted molar refractivity (Wildman–Crippen MR) is 282 cm³/mol. The van der Waals surface area contributed by atoms with E-state index in [2.05, 4.69) is 166 Å². The maximum absolute atomic E-state index is 12.6. The van der Waals surface area contributed by atoms with Gasteiger partial charge in [-0.2, -0.15) is 25.3 Å². The van der Waals surface area contributed by atoms with E-state index in [4.69, 9.17) is 0 Å². The summed E-state index contributed by atoms with van der Waals surface area (Å²) < 4.78 is 0. The predicted octanol–water partition coefficient (Wildman–Crippen LogP) is 14.2. The van der Waals surface area contributed by atoms with Gasteiger partial charge in [0.05, 0.1) is 16.1 Å². The van der Waals surface area contributed by atoms with Crippen LogP contribution in [0.5, 0.6) is 0 Å². The Labute approximate surface area is 379 Å². The minimum absolute atomic E-state index is 0.314. The second-order valence-electron chi connectivity index (χ2n) is 19.4. The molecule has 0 bridgehead atoms. The molecule has 4 unspecified atom stereocenters. The van der Waals surface area contributed by atoms with Gasteiger partial charge >= 0.3 is 0 Å². The molecule has 0 saturated heterocycles. The Morgan fingerprint density at radius 1 is 0.475 bits per heavy atom. The number of thiol groups is 2. The molecule has 59 heavy (non-hydrogen) atoms. The molecule has 2 nitrogen and oxygen atoms in total. The molecule has 0 fully saturated rings. The van der Waals surface area contributed by atoms with Gasteiger partial charge < -0.3 is 9.59 Å². The SMILES string of the molecule is CCCCCC(C[Si](C)(O)CCCS)(c1ccc([Si](C)(CC)CC)cc1)c1cccc(C(CCCCC)(C[Si](C)(O)CCCS)c2ccc([Si](CC)(CC)CC)cc2)c1. The lowest BCUT2D eigenvalue weighted by atomic mass is 9.68. The summed E-state index contributed by atoms with van der Waals surface area (Å²) >= 11 is 9.23. The normalized spacial score (nSPS) is 16.6. The molecule has 0 aliphatic rings. The molecule has 0 radical (unpaired) electrons. The van der Waals surface area contributed by atoms with Crippen molar-refractivity contribution in [2.24, 2.45) is 0 Å². The van der Waals surface area contributed by atoms with Crippen LogP contribution in [0.1, 0.15) is 135 Å². The summed E-state index contributed by atoms with van der Waals surface area (Å²) in [5.41, 5.74) is 4.82. The lowest BCUT2D eigenvalue weighted by Gasteiger charge is -2.43. The lowest BCUT2D eigenvalue weighted by molar-refractivity contribution is 0.431. The van der Waals surface area contributed by atoms with E-state index in [1.54, 1.807) is 10.4 Å². The third kappa shape index (κ3) is 13.3.